The van der Waals surface area contributed by atoms with E-state index in [1.54, 1.807) is 0 Å². The second-order valence-electron chi connectivity index (χ2n) is 4.96. The van der Waals surface area contributed by atoms with E-state index in [0.717, 1.165) is 29.7 Å². The minimum atomic E-state index is 0.265. The predicted molar refractivity (Wildman–Crippen MR) is 73.1 cm³/mol. The van der Waals surface area contributed by atoms with E-state index in [-0.39, 0.29) is 5.92 Å². The Labute approximate surface area is 111 Å². The van der Waals surface area contributed by atoms with E-state index in [1.165, 1.54) is 11.9 Å². The summed E-state index contributed by atoms with van der Waals surface area (Å²) in [5.74, 6) is 0.265. The molecular weight excluding hydrogens is 236 g/mol. The van der Waals surface area contributed by atoms with Gasteiger partial charge >= 0.3 is 0 Å². The SMILES string of the molecule is Cc1cc(C#N)ccc1-c1cnn2c1C[C@@H](C=N)C2. The van der Waals surface area contributed by atoms with Crippen molar-refractivity contribution in [2.24, 2.45) is 5.92 Å². The molecule has 0 saturated heterocycles. The number of rotatable bonds is 2. The Morgan fingerprint density at radius 1 is 1.47 bits per heavy atom. The fourth-order valence-corrected chi connectivity index (χ4v) is 2.69. The molecule has 1 aromatic heterocycles. The van der Waals surface area contributed by atoms with Gasteiger partial charge in [0, 0.05) is 29.9 Å². The third-order valence-electron chi connectivity index (χ3n) is 3.69. The van der Waals surface area contributed by atoms with Gasteiger partial charge < -0.3 is 5.41 Å². The third kappa shape index (κ3) is 1.84. The van der Waals surface area contributed by atoms with Crippen LogP contribution in [0.2, 0.25) is 0 Å². The molecule has 4 heteroatoms. The third-order valence-corrected chi connectivity index (χ3v) is 3.69. The molecule has 0 amide bonds. The second-order valence-corrected chi connectivity index (χ2v) is 4.96. The van der Waals surface area contributed by atoms with Gasteiger partial charge in [-0.05, 0) is 36.6 Å². The number of benzene rings is 1. The van der Waals surface area contributed by atoms with Crippen molar-refractivity contribution in [2.45, 2.75) is 19.9 Å². The first-order chi connectivity index (χ1) is 9.22. The summed E-state index contributed by atoms with van der Waals surface area (Å²) in [6.45, 7) is 2.82. The van der Waals surface area contributed by atoms with E-state index < -0.39 is 0 Å². The van der Waals surface area contributed by atoms with E-state index in [0.29, 0.717) is 5.56 Å². The van der Waals surface area contributed by atoms with Crippen LogP contribution in [0, 0.1) is 29.6 Å². The summed E-state index contributed by atoms with van der Waals surface area (Å²) in [7, 11) is 0. The van der Waals surface area contributed by atoms with Crippen LogP contribution in [0.1, 0.15) is 16.8 Å². The van der Waals surface area contributed by atoms with Crippen LogP contribution in [-0.4, -0.2) is 16.0 Å². The van der Waals surface area contributed by atoms with Crippen molar-refractivity contribution in [2.75, 3.05) is 0 Å². The molecule has 2 heterocycles. The largest absolute Gasteiger partial charge is 0.313 e. The van der Waals surface area contributed by atoms with Crippen LogP contribution in [-0.2, 0) is 13.0 Å². The first-order valence-corrected chi connectivity index (χ1v) is 6.29. The zero-order valence-corrected chi connectivity index (χ0v) is 10.7. The van der Waals surface area contributed by atoms with Gasteiger partial charge in [-0.3, -0.25) is 4.68 Å². The summed E-state index contributed by atoms with van der Waals surface area (Å²) < 4.78 is 1.99. The van der Waals surface area contributed by atoms with Crippen LogP contribution >= 0.6 is 0 Å². The quantitative estimate of drug-likeness (QED) is 0.832. The molecule has 2 aromatic rings. The Balaban J connectivity index is 2.06. The predicted octanol–water partition coefficient (Wildman–Crippen LogP) is 2.55. The van der Waals surface area contributed by atoms with Gasteiger partial charge in [0.05, 0.1) is 17.8 Å². The number of nitriles is 1. The molecule has 0 fully saturated rings. The van der Waals surface area contributed by atoms with Crippen molar-refractivity contribution in [3.63, 3.8) is 0 Å². The van der Waals surface area contributed by atoms with Crippen LogP contribution in [0.4, 0.5) is 0 Å². The molecule has 3 rings (SSSR count). The van der Waals surface area contributed by atoms with Crippen LogP contribution < -0.4 is 0 Å². The van der Waals surface area contributed by atoms with Crippen molar-refractivity contribution < 1.29 is 0 Å². The second kappa shape index (κ2) is 4.36. The van der Waals surface area contributed by atoms with E-state index in [4.69, 9.17) is 10.7 Å². The number of hydrogen-bond acceptors (Lipinski definition) is 3. The molecule has 0 spiro atoms. The zero-order valence-electron chi connectivity index (χ0n) is 10.7. The Hall–Kier alpha value is -2.41. The van der Waals surface area contributed by atoms with E-state index in [9.17, 15) is 0 Å². The summed E-state index contributed by atoms with van der Waals surface area (Å²) in [6, 6.07) is 7.90. The number of aryl methyl sites for hydroxylation is 1. The van der Waals surface area contributed by atoms with Crippen LogP contribution in [0.15, 0.2) is 24.4 Å². The van der Waals surface area contributed by atoms with Gasteiger partial charge in [-0.2, -0.15) is 10.4 Å². The van der Waals surface area contributed by atoms with Gasteiger partial charge in [0.15, 0.2) is 0 Å². The highest BCUT2D eigenvalue weighted by atomic mass is 15.3. The summed E-state index contributed by atoms with van der Waals surface area (Å²) in [5, 5.41) is 20.7. The van der Waals surface area contributed by atoms with E-state index in [2.05, 4.69) is 11.2 Å². The maximum Gasteiger partial charge on any atom is 0.0991 e. The molecule has 0 saturated carbocycles. The summed E-state index contributed by atoms with van der Waals surface area (Å²) in [6.07, 6.45) is 4.27. The lowest BCUT2D eigenvalue weighted by Crippen LogP contribution is -2.03. The Kier molecular flexibility index (Phi) is 2.68. The highest BCUT2D eigenvalue weighted by molar-refractivity contribution is 5.71. The fourth-order valence-electron chi connectivity index (χ4n) is 2.69. The minimum Gasteiger partial charge on any atom is -0.313 e. The number of nitrogens with zero attached hydrogens (tertiary/aromatic N) is 3. The molecule has 19 heavy (non-hydrogen) atoms. The lowest BCUT2D eigenvalue weighted by Gasteiger charge is -2.06. The molecule has 0 bridgehead atoms. The van der Waals surface area contributed by atoms with Crippen molar-refractivity contribution in [3.05, 3.63) is 41.2 Å². The first kappa shape index (κ1) is 11.7. The highest BCUT2D eigenvalue weighted by Gasteiger charge is 2.24. The average Bonchev–Trinajstić information content (AvgIpc) is 2.98. The van der Waals surface area contributed by atoms with E-state index in [1.807, 2.05) is 36.0 Å². The molecule has 0 unspecified atom stereocenters. The summed E-state index contributed by atoms with van der Waals surface area (Å²) in [5.41, 5.74) is 5.23. The highest BCUT2D eigenvalue weighted by Crippen LogP contribution is 2.32. The summed E-state index contributed by atoms with van der Waals surface area (Å²) >= 11 is 0. The van der Waals surface area contributed by atoms with Crippen LogP contribution in [0.3, 0.4) is 0 Å². The van der Waals surface area contributed by atoms with Gasteiger partial charge in [0.1, 0.15) is 0 Å². The lowest BCUT2D eigenvalue weighted by molar-refractivity contribution is 0.602. The van der Waals surface area contributed by atoms with E-state index >= 15 is 0 Å². The lowest BCUT2D eigenvalue weighted by atomic mass is 9.97. The van der Waals surface area contributed by atoms with Crippen molar-refractivity contribution in [3.8, 4) is 17.2 Å². The monoisotopic (exact) mass is 250 g/mol. The van der Waals surface area contributed by atoms with Gasteiger partial charge in [0.2, 0.25) is 0 Å². The van der Waals surface area contributed by atoms with Gasteiger partial charge in [0.25, 0.3) is 0 Å². The van der Waals surface area contributed by atoms with Crippen LogP contribution in [0.25, 0.3) is 11.1 Å². The molecule has 1 aromatic carbocycles. The van der Waals surface area contributed by atoms with Crippen molar-refractivity contribution >= 4 is 6.21 Å². The average molecular weight is 250 g/mol. The maximum atomic E-state index is 8.91. The number of nitrogens with one attached hydrogen (secondary N) is 1. The number of hydrogen-bond donors (Lipinski definition) is 1. The Morgan fingerprint density at radius 2 is 2.32 bits per heavy atom. The smallest absolute Gasteiger partial charge is 0.0991 e. The van der Waals surface area contributed by atoms with Crippen molar-refractivity contribution in [1.82, 2.24) is 9.78 Å². The van der Waals surface area contributed by atoms with Gasteiger partial charge in [-0.25, -0.2) is 0 Å². The molecule has 4 nitrogen and oxygen atoms in total. The normalized spacial score (nSPS) is 16.9. The Bertz CT molecular complexity index is 691. The van der Waals surface area contributed by atoms with Gasteiger partial charge in [-0.15, -0.1) is 0 Å². The maximum absolute atomic E-state index is 8.91. The molecule has 0 radical (unpaired) electrons. The van der Waals surface area contributed by atoms with Crippen molar-refractivity contribution in [1.29, 1.82) is 10.7 Å². The summed E-state index contributed by atoms with van der Waals surface area (Å²) in [4.78, 5) is 0. The minimum absolute atomic E-state index is 0.265. The molecule has 1 N–H and O–H groups in total. The molecule has 1 atom stereocenters. The number of fused-ring (bicyclic) bond motifs is 1. The first-order valence-electron chi connectivity index (χ1n) is 6.29. The van der Waals surface area contributed by atoms with Crippen LogP contribution in [0.5, 0.6) is 0 Å². The Morgan fingerprint density at radius 3 is 3.00 bits per heavy atom. The van der Waals surface area contributed by atoms with Gasteiger partial charge in [-0.1, -0.05) is 6.07 Å². The fraction of sp³-hybridized carbons (Fsp3) is 0.267. The molecule has 1 aliphatic rings. The molecular formula is C15H14N4. The molecule has 0 aliphatic carbocycles. The molecule has 94 valence electrons. The number of aromatic nitrogens is 2. The molecule has 1 aliphatic heterocycles. The topological polar surface area (TPSA) is 65.5 Å². The zero-order chi connectivity index (χ0) is 13.4. The standard InChI is InChI=1S/C15H14N4/c1-10-4-11(6-16)2-3-13(10)14-8-18-19-9-12(7-17)5-15(14)19/h2-4,7-8,12,17H,5,9H2,1H3/t12-/m0/s1.